The normalized spacial score (nSPS) is 10.7. The molecule has 9 heteroatoms. The fourth-order valence-electron chi connectivity index (χ4n) is 2.71. The van der Waals surface area contributed by atoms with Crippen LogP contribution in [0.15, 0.2) is 60.7 Å². The Morgan fingerprint density at radius 3 is 2.48 bits per heavy atom. The lowest BCUT2D eigenvalue weighted by atomic mass is 10.1. The first kappa shape index (κ1) is 22.8. The van der Waals surface area contributed by atoms with Crippen molar-refractivity contribution in [2.45, 2.75) is 0 Å². The third-order valence-electron chi connectivity index (χ3n) is 4.35. The summed E-state index contributed by atoms with van der Waals surface area (Å²) in [6, 6.07) is 17.6. The molecular formula is C22H23ClN4O3S. The number of nitrogens with zero attached hydrogens (tertiary/aromatic N) is 2. The van der Waals surface area contributed by atoms with Gasteiger partial charge in [0.1, 0.15) is 6.61 Å². The van der Waals surface area contributed by atoms with Gasteiger partial charge in [0.05, 0.1) is 10.0 Å². The van der Waals surface area contributed by atoms with Crippen molar-refractivity contribution < 1.29 is 14.3 Å². The summed E-state index contributed by atoms with van der Waals surface area (Å²) in [7, 11) is 3.79. The first-order chi connectivity index (χ1) is 14.8. The molecule has 3 rings (SSSR count). The van der Waals surface area contributed by atoms with E-state index in [0.29, 0.717) is 27.8 Å². The number of amides is 2. The molecule has 0 unspecified atom stereocenters. The number of anilines is 2. The summed E-state index contributed by atoms with van der Waals surface area (Å²) < 4.78 is 5.78. The van der Waals surface area contributed by atoms with Crippen LogP contribution < -0.4 is 16.2 Å². The number of halogens is 1. The lowest BCUT2D eigenvalue weighted by molar-refractivity contribution is 0.0987. The maximum atomic E-state index is 12.8. The van der Waals surface area contributed by atoms with Crippen molar-refractivity contribution in [2.75, 3.05) is 37.6 Å². The molecule has 2 aromatic carbocycles. The lowest BCUT2D eigenvalue weighted by Crippen LogP contribution is -2.37. The smallest absolute Gasteiger partial charge is 0.411 e. The molecule has 0 aliphatic rings. The molecule has 0 radical (unpaired) electrons. The van der Waals surface area contributed by atoms with Crippen molar-refractivity contribution in [1.29, 1.82) is 0 Å². The molecular weight excluding hydrogens is 436 g/mol. The third-order valence-corrected chi connectivity index (χ3v) is 5.63. The summed E-state index contributed by atoms with van der Waals surface area (Å²) in [6.07, 6.45) is -0.549. The number of thiophene rings is 1. The molecule has 0 saturated heterocycles. The van der Waals surface area contributed by atoms with Crippen LogP contribution in [-0.2, 0) is 4.74 Å². The Balaban J connectivity index is 1.64. The molecule has 1 heterocycles. The zero-order valence-corrected chi connectivity index (χ0v) is 18.7. The number of hydrogen-bond donors (Lipinski definition) is 2. The maximum absolute atomic E-state index is 12.8. The van der Waals surface area contributed by atoms with Crippen LogP contribution >= 0.6 is 22.9 Å². The molecule has 3 aromatic rings. The maximum Gasteiger partial charge on any atom is 0.411 e. The quantitative estimate of drug-likeness (QED) is 0.304. The molecule has 7 nitrogen and oxygen atoms in total. The Morgan fingerprint density at radius 1 is 1.10 bits per heavy atom. The zero-order chi connectivity index (χ0) is 22.4. The van der Waals surface area contributed by atoms with Crippen LogP contribution in [0, 0.1) is 0 Å². The molecule has 0 aliphatic heterocycles. The summed E-state index contributed by atoms with van der Waals surface area (Å²) in [5.74, 6) is 5.71. The van der Waals surface area contributed by atoms with Gasteiger partial charge >= 0.3 is 6.09 Å². The number of rotatable bonds is 7. The fourth-order valence-corrected chi connectivity index (χ4v) is 3.75. The molecule has 0 bridgehead atoms. The number of nitrogens with two attached hydrogens (primary N) is 1. The van der Waals surface area contributed by atoms with Crippen molar-refractivity contribution in [3.8, 4) is 10.4 Å². The minimum absolute atomic E-state index is 0.286. The molecule has 1 aromatic heterocycles. The SMILES string of the molecule is CN(C)CCOC(=O)Nc1ccc(C(=O)N(N)c2cccc(-c3ccc(Cl)s3)c2)cc1. The lowest BCUT2D eigenvalue weighted by Gasteiger charge is -2.18. The summed E-state index contributed by atoms with van der Waals surface area (Å²) in [5, 5.41) is 3.72. The second-order valence-electron chi connectivity index (χ2n) is 6.97. The summed E-state index contributed by atoms with van der Waals surface area (Å²) in [6.45, 7) is 0.919. The largest absolute Gasteiger partial charge is 0.448 e. The van der Waals surface area contributed by atoms with Gasteiger partial charge in [-0.25, -0.2) is 15.6 Å². The Kier molecular flexibility index (Phi) is 7.64. The van der Waals surface area contributed by atoms with Crippen LogP contribution in [0.1, 0.15) is 10.4 Å². The number of hydrogen-bond acceptors (Lipinski definition) is 6. The first-order valence-corrected chi connectivity index (χ1v) is 10.7. The van der Waals surface area contributed by atoms with Crippen molar-refractivity contribution in [1.82, 2.24) is 4.90 Å². The molecule has 2 amide bonds. The summed E-state index contributed by atoms with van der Waals surface area (Å²) >= 11 is 7.47. The van der Waals surface area contributed by atoms with Crippen LogP contribution in [0.25, 0.3) is 10.4 Å². The van der Waals surface area contributed by atoms with Gasteiger partial charge in [0, 0.05) is 22.7 Å². The van der Waals surface area contributed by atoms with Crippen LogP contribution in [0.3, 0.4) is 0 Å². The number of nitrogens with one attached hydrogen (secondary N) is 1. The van der Waals surface area contributed by atoms with Gasteiger partial charge in [0.25, 0.3) is 5.91 Å². The average Bonchev–Trinajstić information content (AvgIpc) is 3.19. The molecule has 31 heavy (non-hydrogen) atoms. The minimum atomic E-state index is -0.549. The molecule has 3 N–H and O–H groups in total. The highest BCUT2D eigenvalue weighted by molar-refractivity contribution is 7.19. The van der Waals surface area contributed by atoms with E-state index < -0.39 is 6.09 Å². The van der Waals surface area contributed by atoms with E-state index in [0.717, 1.165) is 15.4 Å². The Labute approximate surface area is 189 Å². The molecule has 0 aliphatic carbocycles. The van der Waals surface area contributed by atoms with Crippen LogP contribution in [-0.4, -0.2) is 44.1 Å². The van der Waals surface area contributed by atoms with E-state index in [-0.39, 0.29) is 12.5 Å². The van der Waals surface area contributed by atoms with Gasteiger partial charge in [0.2, 0.25) is 0 Å². The van der Waals surface area contributed by atoms with E-state index in [1.807, 2.05) is 49.3 Å². The third kappa shape index (κ3) is 6.28. The summed E-state index contributed by atoms with van der Waals surface area (Å²) in [4.78, 5) is 27.5. The van der Waals surface area contributed by atoms with Gasteiger partial charge in [-0.05, 0) is 68.2 Å². The second-order valence-corrected chi connectivity index (χ2v) is 8.69. The molecule has 0 fully saturated rings. The van der Waals surface area contributed by atoms with Gasteiger partial charge < -0.3 is 9.64 Å². The predicted molar refractivity (Wildman–Crippen MR) is 126 cm³/mol. The predicted octanol–water partition coefficient (Wildman–Crippen LogP) is 4.70. The van der Waals surface area contributed by atoms with E-state index in [4.69, 9.17) is 22.2 Å². The van der Waals surface area contributed by atoms with E-state index in [1.165, 1.54) is 11.3 Å². The number of benzene rings is 2. The highest BCUT2D eigenvalue weighted by atomic mass is 35.5. The monoisotopic (exact) mass is 458 g/mol. The zero-order valence-electron chi connectivity index (χ0n) is 17.2. The number of carbonyl (C=O) groups excluding carboxylic acids is 2. The van der Waals surface area contributed by atoms with Crippen molar-refractivity contribution in [3.63, 3.8) is 0 Å². The standard InChI is InChI=1S/C22H23ClN4O3S/c1-26(2)12-13-30-22(29)25-17-8-6-15(7-9-17)21(28)27(24)18-5-3-4-16(14-18)19-10-11-20(23)31-19/h3-11,14H,12-13,24H2,1-2H3,(H,25,29). The van der Waals surface area contributed by atoms with Crippen molar-refractivity contribution in [3.05, 3.63) is 70.6 Å². The highest BCUT2D eigenvalue weighted by Gasteiger charge is 2.16. The number of likely N-dealkylation sites (N-methyl/N-ethyl adjacent to an activating group) is 1. The van der Waals surface area contributed by atoms with Crippen LogP contribution in [0.4, 0.5) is 16.2 Å². The number of hydrazine groups is 1. The molecule has 162 valence electrons. The molecule has 0 spiro atoms. The average molecular weight is 459 g/mol. The first-order valence-electron chi connectivity index (χ1n) is 9.47. The minimum Gasteiger partial charge on any atom is -0.448 e. The summed E-state index contributed by atoms with van der Waals surface area (Å²) in [5.41, 5.74) is 2.38. The van der Waals surface area contributed by atoms with Gasteiger partial charge in [-0.1, -0.05) is 23.7 Å². The van der Waals surface area contributed by atoms with Gasteiger partial charge in [-0.15, -0.1) is 11.3 Å². The van der Waals surface area contributed by atoms with Crippen LogP contribution in [0.5, 0.6) is 0 Å². The Bertz CT molecular complexity index is 1050. The highest BCUT2D eigenvalue weighted by Crippen LogP contribution is 2.32. The number of carbonyl (C=O) groups is 2. The topological polar surface area (TPSA) is 87.9 Å². The van der Waals surface area contributed by atoms with Gasteiger partial charge in [-0.3, -0.25) is 10.1 Å². The van der Waals surface area contributed by atoms with E-state index in [9.17, 15) is 9.59 Å². The molecule has 0 atom stereocenters. The van der Waals surface area contributed by atoms with E-state index in [1.54, 1.807) is 30.3 Å². The molecule has 0 saturated carbocycles. The van der Waals surface area contributed by atoms with Gasteiger partial charge in [-0.2, -0.15) is 0 Å². The van der Waals surface area contributed by atoms with Gasteiger partial charge in [0.15, 0.2) is 0 Å². The fraction of sp³-hybridized carbons (Fsp3) is 0.182. The van der Waals surface area contributed by atoms with Crippen LogP contribution in [0.2, 0.25) is 4.34 Å². The van der Waals surface area contributed by atoms with E-state index >= 15 is 0 Å². The number of ether oxygens (including phenoxy) is 1. The van der Waals surface area contributed by atoms with Crippen molar-refractivity contribution >= 4 is 46.3 Å². The second kappa shape index (κ2) is 10.4. The van der Waals surface area contributed by atoms with Crippen molar-refractivity contribution in [2.24, 2.45) is 5.84 Å². The Hall–Kier alpha value is -2.91. The Morgan fingerprint density at radius 2 is 1.84 bits per heavy atom. The van der Waals surface area contributed by atoms with E-state index in [2.05, 4.69) is 5.32 Å².